The van der Waals surface area contributed by atoms with E-state index in [0.29, 0.717) is 5.16 Å². The van der Waals surface area contributed by atoms with Crippen LogP contribution in [-0.2, 0) is 9.53 Å². The fourth-order valence-electron chi connectivity index (χ4n) is 1.71. The van der Waals surface area contributed by atoms with Crippen molar-refractivity contribution >= 4 is 17.7 Å². The molecule has 1 saturated heterocycles. The third-order valence-electron chi connectivity index (χ3n) is 2.53. The Hall–Kier alpha value is -1.08. The van der Waals surface area contributed by atoms with Crippen LogP contribution in [0.1, 0.15) is 25.1 Å². The quantitative estimate of drug-likeness (QED) is 0.763. The maximum atomic E-state index is 10.4. The van der Waals surface area contributed by atoms with E-state index in [1.165, 1.54) is 0 Å². The summed E-state index contributed by atoms with van der Waals surface area (Å²) in [6.07, 6.45) is 1.07. The minimum absolute atomic E-state index is 0.0198. The van der Waals surface area contributed by atoms with Crippen molar-refractivity contribution in [3.63, 3.8) is 0 Å². The number of aromatic nitrogens is 3. The van der Waals surface area contributed by atoms with Gasteiger partial charge < -0.3 is 9.84 Å². The van der Waals surface area contributed by atoms with Crippen LogP contribution in [0.25, 0.3) is 0 Å². The summed E-state index contributed by atoms with van der Waals surface area (Å²) in [5, 5.41) is 15.8. The Balaban J connectivity index is 1.99. The second-order valence-corrected chi connectivity index (χ2v) is 4.60. The number of carboxylic acid groups (broad SMARTS) is 1. The number of hydrogen-bond acceptors (Lipinski definition) is 5. The molecule has 16 heavy (non-hydrogen) atoms. The number of carboxylic acids is 1. The molecule has 0 spiro atoms. The van der Waals surface area contributed by atoms with Gasteiger partial charge in [0.05, 0.1) is 11.9 Å². The van der Waals surface area contributed by atoms with E-state index >= 15 is 0 Å². The van der Waals surface area contributed by atoms with Gasteiger partial charge in [-0.2, -0.15) is 0 Å². The number of hydrogen-bond donors (Lipinski definition) is 2. The van der Waals surface area contributed by atoms with E-state index in [2.05, 4.69) is 15.2 Å². The Morgan fingerprint density at radius 3 is 3.19 bits per heavy atom. The third-order valence-corrected chi connectivity index (χ3v) is 3.37. The van der Waals surface area contributed by atoms with Crippen LogP contribution in [0.15, 0.2) is 5.16 Å². The van der Waals surface area contributed by atoms with Crippen molar-refractivity contribution in [3.05, 3.63) is 5.82 Å². The molecule has 1 aliphatic rings. The van der Waals surface area contributed by atoms with Gasteiger partial charge in [0.1, 0.15) is 5.82 Å². The van der Waals surface area contributed by atoms with Gasteiger partial charge in [-0.05, 0) is 13.3 Å². The van der Waals surface area contributed by atoms with Crippen LogP contribution in [0, 0.1) is 0 Å². The Bertz CT molecular complexity index is 382. The first-order valence-electron chi connectivity index (χ1n) is 5.05. The van der Waals surface area contributed by atoms with E-state index in [4.69, 9.17) is 9.84 Å². The zero-order chi connectivity index (χ0) is 11.5. The number of aliphatic carboxylic acids is 1. The highest BCUT2D eigenvalue weighted by Crippen LogP contribution is 2.29. The van der Waals surface area contributed by atoms with Crippen molar-refractivity contribution < 1.29 is 14.6 Å². The average molecular weight is 243 g/mol. The van der Waals surface area contributed by atoms with Crippen LogP contribution in [0.5, 0.6) is 0 Å². The molecule has 0 radical (unpaired) electrons. The van der Waals surface area contributed by atoms with Crippen molar-refractivity contribution in [1.82, 2.24) is 15.2 Å². The van der Waals surface area contributed by atoms with Crippen LogP contribution in [-0.4, -0.2) is 44.7 Å². The molecule has 0 amide bonds. The molecular weight excluding hydrogens is 230 g/mol. The molecule has 2 rings (SSSR count). The summed E-state index contributed by atoms with van der Waals surface area (Å²) in [4.78, 5) is 14.6. The number of ether oxygens (including phenoxy) is 1. The molecule has 2 atom stereocenters. The fourth-order valence-corrected chi connectivity index (χ4v) is 2.23. The van der Waals surface area contributed by atoms with Gasteiger partial charge in [-0.15, -0.1) is 5.10 Å². The molecular formula is C9H13N3O3S. The van der Waals surface area contributed by atoms with Gasteiger partial charge in [-0.3, -0.25) is 9.89 Å². The number of rotatable bonds is 4. The second kappa shape index (κ2) is 4.84. The minimum atomic E-state index is -0.867. The van der Waals surface area contributed by atoms with Crippen molar-refractivity contribution in [2.75, 3.05) is 12.4 Å². The van der Waals surface area contributed by atoms with Gasteiger partial charge in [0.2, 0.25) is 5.16 Å². The van der Waals surface area contributed by atoms with E-state index in [9.17, 15) is 4.79 Å². The molecule has 88 valence electrons. The SMILES string of the molecule is CC1OCCC1c1nc(SCC(=O)O)n[nH]1. The summed E-state index contributed by atoms with van der Waals surface area (Å²) in [7, 11) is 0. The molecule has 2 unspecified atom stereocenters. The largest absolute Gasteiger partial charge is 0.481 e. The molecule has 0 aliphatic carbocycles. The van der Waals surface area contributed by atoms with Crippen LogP contribution >= 0.6 is 11.8 Å². The van der Waals surface area contributed by atoms with Gasteiger partial charge >= 0.3 is 5.97 Å². The highest BCUT2D eigenvalue weighted by molar-refractivity contribution is 7.99. The number of thioether (sulfide) groups is 1. The van der Waals surface area contributed by atoms with Gasteiger partial charge in [-0.25, -0.2) is 4.98 Å². The maximum Gasteiger partial charge on any atom is 0.313 e. The summed E-state index contributed by atoms with van der Waals surface area (Å²) in [6.45, 7) is 2.74. The number of nitrogens with one attached hydrogen (secondary N) is 1. The summed E-state index contributed by atoms with van der Waals surface area (Å²) in [5.41, 5.74) is 0. The summed E-state index contributed by atoms with van der Waals surface area (Å²) >= 11 is 1.12. The van der Waals surface area contributed by atoms with E-state index in [1.54, 1.807) is 0 Å². The van der Waals surface area contributed by atoms with E-state index in [-0.39, 0.29) is 17.8 Å². The van der Waals surface area contributed by atoms with Gasteiger partial charge in [0, 0.05) is 12.5 Å². The molecule has 0 bridgehead atoms. The number of nitrogens with zero attached hydrogens (tertiary/aromatic N) is 2. The second-order valence-electron chi connectivity index (χ2n) is 3.66. The van der Waals surface area contributed by atoms with E-state index in [1.807, 2.05) is 6.92 Å². The lowest BCUT2D eigenvalue weighted by atomic mass is 10.0. The first-order chi connectivity index (χ1) is 7.66. The van der Waals surface area contributed by atoms with E-state index in [0.717, 1.165) is 30.6 Å². The molecule has 1 aromatic rings. The highest BCUT2D eigenvalue weighted by atomic mass is 32.2. The molecule has 0 saturated carbocycles. The Morgan fingerprint density at radius 1 is 1.75 bits per heavy atom. The van der Waals surface area contributed by atoms with Gasteiger partial charge in [-0.1, -0.05) is 11.8 Å². The molecule has 7 heteroatoms. The maximum absolute atomic E-state index is 10.4. The summed E-state index contributed by atoms with van der Waals surface area (Å²) < 4.78 is 5.44. The first-order valence-corrected chi connectivity index (χ1v) is 6.04. The van der Waals surface area contributed by atoms with E-state index < -0.39 is 5.97 Å². The Labute approximate surface area is 96.8 Å². The lowest BCUT2D eigenvalue weighted by Crippen LogP contribution is -2.10. The zero-order valence-corrected chi connectivity index (χ0v) is 9.66. The molecule has 0 aromatic carbocycles. The highest BCUT2D eigenvalue weighted by Gasteiger charge is 2.28. The zero-order valence-electron chi connectivity index (χ0n) is 8.84. The summed E-state index contributed by atoms with van der Waals surface area (Å²) in [6, 6.07) is 0. The molecule has 1 fully saturated rings. The van der Waals surface area contributed by atoms with Crippen LogP contribution in [0.3, 0.4) is 0 Å². The van der Waals surface area contributed by atoms with Crippen LogP contribution in [0.2, 0.25) is 0 Å². The lowest BCUT2D eigenvalue weighted by Gasteiger charge is -2.09. The molecule has 2 heterocycles. The third kappa shape index (κ3) is 2.53. The fraction of sp³-hybridized carbons (Fsp3) is 0.667. The normalized spacial score (nSPS) is 24.8. The number of carbonyl (C=O) groups is 1. The van der Waals surface area contributed by atoms with Crippen molar-refractivity contribution in [3.8, 4) is 0 Å². The predicted molar refractivity (Wildman–Crippen MR) is 57.5 cm³/mol. The van der Waals surface area contributed by atoms with Crippen molar-refractivity contribution in [2.45, 2.75) is 30.5 Å². The average Bonchev–Trinajstić information content (AvgIpc) is 2.83. The first kappa shape index (κ1) is 11.4. The lowest BCUT2D eigenvalue weighted by molar-refractivity contribution is -0.133. The smallest absolute Gasteiger partial charge is 0.313 e. The summed E-state index contributed by atoms with van der Waals surface area (Å²) in [5.74, 6) is 0.145. The van der Waals surface area contributed by atoms with Crippen LogP contribution < -0.4 is 0 Å². The number of H-pyrrole nitrogens is 1. The topological polar surface area (TPSA) is 88.1 Å². The standard InChI is InChI=1S/C9H13N3O3S/c1-5-6(2-3-15-5)8-10-9(12-11-8)16-4-7(13)14/h5-6H,2-4H2,1H3,(H,13,14)(H,10,11,12). The molecule has 2 N–H and O–H groups in total. The van der Waals surface area contributed by atoms with Gasteiger partial charge in [0.15, 0.2) is 0 Å². The minimum Gasteiger partial charge on any atom is -0.481 e. The predicted octanol–water partition coefficient (Wildman–Crippen LogP) is 0.874. The Morgan fingerprint density at radius 2 is 2.56 bits per heavy atom. The Kier molecular flexibility index (Phi) is 3.45. The van der Waals surface area contributed by atoms with Crippen molar-refractivity contribution in [2.24, 2.45) is 0 Å². The molecule has 6 nitrogen and oxygen atoms in total. The monoisotopic (exact) mass is 243 g/mol. The van der Waals surface area contributed by atoms with Gasteiger partial charge in [0.25, 0.3) is 0 Å². The molecule has 1 aromatic heterocycles. The number of aromatic amines is 1. The van der Waals surface area contributed by atoms with Crippen LogP contribution in [0.4, 0.5) is 0 Å². The molecule has 1 aliphatic heterocycles. The van der Waals surface area contributed by atoms with Crippen molar-refractivity contribution in [1.29, 1.82) is 0 Å².